The van der Waals surface area contributed by atoms with Gasteiger partial charge in [-0.25, -0.2) is 4.98 Å². The molecule has 3 N–H and O–H groups in total. The predicted octanol–water partition coefficient (Wildman–Crippen LogP) is 2.24. The zero-order chi connectivity index (χ0) is 11.1. The van der Waals surface area contributed by atoms with Crippen molar-refractivity contribution < 1.29 is 0 Å². The van der Waals surface area contributed by atoms with Gasteiger partial charge in [0.15, 0.2) is 5.82 Å². The van der Waals surface area contributed by atoms with Crippen LogP contribution >= 0.6 is 0 Å². The highest BCUT2D eigenvalue weighted by molar-refractivity contribution is 5.74. The molecule has 0 bridgehead atoms. The normalized spacial score (nSPS) is 15.3. The first-order valence-electron chi connectivity index (χ1n) is 5.53. The smallest absolute Gasteiger partial charge is 0.183 e. The number of rotatable bonds is 2. The number of anilines is 1. The Morgan fingerprint density at radius 1 is 1.38 bits per heavy atom. The lowest BCUT2D eigenvalue weighted by molar-refractivity contribution is 0.935. The number of aromatic nitrogens is 3. The van der Waals surface area contributed by atoms with Crippen LogP contribution < -0.4 is 5.73 Å². The van der Waals surface area contributed by atoms with E-state index in [1.807, 2.05) is 25.1 Å². The Labute approximate surface area is 93.9 Å². The highest BCUT2D eigenvalue weighted by Gasteiger charge is 2.27. The molecule has 1 fully saturated rings. The molecule has 0 radical (unpaired) electrons. The van der Waals surface area contributed by atoms with Gasteiger partial charge < -0.3 is 5.73 Å². The second-order valence-corrected chi connectivity index (χ2v) is 4.36. The molecule has 4 heteroatoms. The minimum absolute atomic E-state index is 0.589. The van der Waals surface area contributed by atoms with Crippen molar-refractivity contribution in [1.29, 1.82) is 0 Å². The second kappa shape index (κ2) is 3.33. The quantitative estimate of drug-likeness (QED) is 0.753. The van der Waals surface area contributed by atoms with Gasteiger partial charge in [0.1, 0.15) is 5.82 Å². The van der Waals surface area contributed by atoms with E-state index in [-0.39, 0.29) is 0 Å². The fourth-order valence-electron chi connectivity index (χ4n) is 1.92. The minimum Gasteiger partial charge on any atom is -0.398 e. The molecule has 82 valence electrons. The molecular formula is C12H14N4. The number of nitrogen functional groups attached to an aromatic ring is 1. The van der Waals surface area contributed by atoms with Gasteiger partial charge in [0.2, 0.25) is 0 Å². The first-order chi connectivity index (χ1) is 7.75. The van der Waals surface area contributed by atoms with Gasteiger partial charge in [-0.2, -0.15) is 5.10 Å². The van der Waals surface area contributed by atoms with Crippen LogP contribution in [0.15, 0.2) is 18.2 Å². The number of nitrogens with zero attached hydrogens (tertiary/aromatic N) is 2. The van der Waals surface area contributed by atoms with Crippen molar-refractivity contribution in [3.63, 3.8) is 0 Å². The Morgan fingerprint density at radius 3 is 2.88 bits per heavy atom. The first kappa shape index (κ1) is 9.39. The van der Waals surface area contributed by atoms with Crippen LogP contribution in [0.25, 0.3) is 11.4 Å². The molecule has 16 heavy (non-hydrogen) atoms. The van der Waals surface area contributed by atoms with Crippen LogP contribution in [0.3, 0.4) is 0 Å². The number of nitrogens with one attached hydrogen (secondary N) is 1. The molecule has 1 aromatic heterocycles. The van der Waals surface area contributed by atoms with E-state index in [1.54, 1.807) is 0 Å². The van der Waals surface area contributed by atoms with Crippen LogP contribution in [0.1, 0.15) is 30.1 Å². The fraction of sp³-hybridized carbons (Fsp3) is 0.333. The highest BCUT2D eigenvalue weighted by Crippen LogP contribution is 2.38. The summed E-state index contributed by atoms with van der Waals surface area (Å²) in [5.74, 6) is 2.31. The van der Waals surface area contributed by atoms with Crippen molar-refractivity contribution in [3.8, 4) is 11.4 Å². The summed E-state index contributed by atoms with van der Waals surface area (Å²) >= 11 is 0. The summed E-state index contributed by atoms with van der Waals surface area (Å²) in [5.41, 5.74) is 8.76. The molecule has 3 rings (SSSR count). The molecule has 0 atom stereocenters. The van der Waals surface area contributed by atoms with E-state index in [1.165, 1.54) is 12.8 Å². The Hall–Kier alpha value is -1.84. The van der Waals surface area contributed by atoms with Gasteiger partial charge in [0.25, 0.3) is 0 Å². The molecule has 1 heterocycles. The largest absolute Gasteiger partial charge is 0.398 e. The van der Waals surface area contributed by atoms with Crippen LogP contribution in [-0.4, -0.2) is 15.2 Å². The van der Waals surface area contributed by atoms with Crippen molar-refractivity contribution in [2.24, 2.45) is 0 Å². The summed E-state index contributed by atoms with van der Waals surface area (Å²) in [5, 5.41) is 7.26. The van der Waals surface area contributed by atoms with E-state index >= 15 is 0 Å². The van der Waals surface area contributed by atoms with Crippen molar-refractivity contribution in [2.75, 3.05) is 5.73 Å². The molecule has 1 aliphatic rings. The topological polar surface area (TPSA) is 67.6 Å². The van der Waals surface area contributed by atoms with Gasteiger partial charge in [-0.3, -0.25) is 5.10 Å². The first-order valence-corrected chi connectivity index (χ1v) is 5.53. The maximum Gasteiger partial charge on any atom is 0.183 e. The maximum atomic E-state index is 5.96. The van der Waals surface area contributed by atoms with Gasteiger partial charge in [0, 0.05) is 17.2 Å². The standard InChI is InChI=1S/C12H14N4/c1-7-3-2-4-9(13)10(7)12-14-11(15-16-12)8-5-6-8/h2-4,8H,5-6,13H2,1H3,(H,14,15,16). The number of hydrogen-bond acceptors (Lipinski definition) is 3. The molecular weight excluding hydrogens is 200 g/mol. The summed E-state index contributed by atoms with van der Waals surface area (Å²) < 4.78 is 0. The number of aryl methyl sites for hydroxylation is 1. The summed E-state index contributed by atoms with van der Waals surface area (Å²) in [7, 11) is 0. The van der Waals surface area contributed by atoms with Crippen molar-refractivity contribution in [3.05, 3.63) is 29.6 Å². The van der Waals surface area contributed by atoms with Crippen molar-refractivity contribution in [2.45, 2.75) is 25.7 Å². The van der Waals surface area contributed by atoms with Crippen LogP contribution in [0.4, 0.5) is 5.69 Å². The summed E-state index contributed by atoms with van der Waals surface area (Å²) in [4.78, 5) is 4.52. The van der Waals surface area contributed by atoms with Crippen molar-refractivity contribution in [1.82, 2.24) is 15.2 Å². The Morgan fingerprint density at radius 2 is 2.19 bits per heavy atom. The third kappa shape index (κ3) is 1.46. The fourth-order valence-corrected chi connectivity index (χ4v) is 1.92. The Kier molecular flexibility index (Phi) is 1.96. The Bertz CT molecular complexity index is 505. The Balaban J connectivity index is 2.06. The van der Waals surface area contributed by atoms with Crippen LogP contribution in [0, 0.1) is 6.92 Å². The van der Waals surface area contributed by atoms with Crippen LogP contribution in [0.5, 0.6) is 0 Å². The molecule has 0 amide bonds. The van der Waals surface area contributed by atoms with Crippen LogP contribution in [-0.2, 0) is 0 Å². The van der Waals surface area contributed by atoms with E-state index in [2.05, 4.69) is 15.2 Å². The van der Waals surface area contributed by atoms with E-state index in [0.717, 1.165) is 28.5 Å². The maximum absolute atomic E-state index is 5.96. The average molecular weight is 214 g/mol. The molecule has 1 aromatic carbocycles. The van der Waals surface area contributed by atoms with Gasteiger partial charge in [-0.1, -0.05) is 12.1 Å². The number of benzene rings is 1. The monoisotopic (exact) mass is 214 g/mol. The summed E-state index contributed by atoms with van der Waals surface area (Å²) in [6.45, 7) is 2.03. The molecule has 1 aliphatic carbocycles. The summed E-state index contributed by atoms with van der Waals surface area (Å²) in [6.07, 6.45) is 2.44. The van der Waals surface area contributed by atoms with Gasteiger partial charge in [0.05, 0.1) is 0 Å². The summed E-state index contributed by atoms with van der Waals surface area (Å²) in [6, 6.07) is 5.86. The van der Waals surface area contributed by atoms with E-state index in [4.69, 9.17) is 5.73 Å². The SMILES string of the molecule is Cc1cccc(N)c1-c1n[nH]c(C2CC2)n1. The predicted molar refractivity (Wildman–Crippen MR) is 62.9 cm³/mol. The third-order valence-corrected chi connectivity index (χ3v) is 3.00. The lowest BCUT2D eigenvalue weighted by Crippen LogP contribution is -1.94. The van der Waals surface area contributed by atoms with E-state index in [0.29, 0.717) is 5.92 Å². The van der Waals surface area contributed by atoms with Crippen LogP contribution in [0.2, 0.25) is 0 Å². The highest BCUT2D eigenvalue weighted by atomic mass is 15.2. The van der Waals surface area contributed by atoms with Gasteiger partial charge in [-0.05, 0) is 31.4 Å². The molecule has 0 aliphatic heterocycles. The third-order valence-electron chi connectivity index (χ3n) is 3.00. The lowest BCUT2D eigenvalue weighted by atomic mass is 10.1. The van der Waals surface area contributed by atoms with Crippen molar-refractivity contribution >= 4 is 5.69 Å². The minimum atomic E-state index is 0.589. The zero-order valence-electron chi connectivity index (χ0n) is 9.20. The molecule has 0 saturated heterocycles. The number of nitrogens with two attached hydrogens (primary N) is 1. The average Bonchev–Trinajstić information content (AvgIpc) is 2.99. The lowest BCUT2D eigenvalue weighted by Gasteiger charge is -2.04. The molecule has 2 aromatic rings. The number of aromatic amines is 1. The second-order valence-electron chi connectivity index (χ2n) is 4.36. The molecule has 0 unspecified atom stereocenters. The number of hydrogen-bond donors (Lipinski definition) is 2. The molecule has 4 nitrogen and oxygen atoms in total. The zero-order valence-corrected chi connectivity index (χ0v) is 9.20. The van der Waals surface area contributed by atoms with E-state index < -0.39 is 0 Å². The molecule has 1 saturated carbocycles. The van der Waals surface area contributed by atoms with E-state index in [9.17, 15) is 0 Å². The van der Waals surface area contributed by atoms with Gasteiger partial charge >= 0.3 is 0 Å². The number of H-pyrrole nitrogens is 1. The molecule has 0 spiro atoms. The van der Waals surface area contributed by atoms with Gasteiger partial charge in [-0.15, -0.1) is 0 Å².